The molecule has 0 radical (unpaired) electrons. The highest BCUT2D eigenvalue weighted by atomic mass is 16.6. The lowest BCUT2D eigenvalue weighted by atomic mass is 9.80. The highest BCUT2D eigenvalue weighted by Crippen LogP contribution is 2.36. The maximum absolute atomic E-state index is 13.3. The lowest BCUT2D eigenvalue weighted by Gasteiger charge is -2.42. The molecule has 0 aromatic heterocycles. The molecule has 1 aliphatic carbocycles. The number of aliphatic hydroxyl groups is 2. The summed E-state index contributed by atoms with van der Waals surface area (Å²) in [7, 11) is 1.80. The van der Waals surface area contributed by atoms with Crippen LogP contribution in [0.2, 0.25) is 0 Å². The van der Waals surface area contributed by atoms with Crippen LogP contribution in [-0.2, 0) is 33.4 Å². The summed E-state index contributed by atoms with van der Waals surface area (Å²) >= 11 is 0. The molecule has 0 bridgehead atoms. The highest BCUT2D eigenvalue weighted by molar-refractivity contribution is 6.39. The number of nitrogens with zero attached hydrogens (tertiary/aromatic N) is 1. The van der Waals surface area contributed by atoms with E-state index in [0.29, 0.717) is 74.9 Å². The second kappa shape index (κ2) is 25.0. The van der Waals surface area contributed by atoms with Crippen molar-refractivity contribution in [2.24, 2.45) is 35.5 Å². The molecule has 338 valence electrons. The minimum Gasteiger partial charge on any atom is -0.480 e. The SMILES string of the molecule is COC1CCCC(C[C@@H](C)CCC(=O)[C@H](C)/C=C(\C)C(O)CC(=O)C(C)C[C@H](C)/C=C/C=C/C=C(\C)CCC2CCC(C)[C@](O)(C(=O)C(=O)N3CCCCC3C(=O)O)O2)C1. The van der Waals surface area contributed by atoms with Crippen LogP contribution in [0.4, 0.5) is 0 Å². The summed E-state index contributed by atoms with van der Waals surface area (Å²) in [5.74, 6) is -5.24. The molecule has 3 fully saturated rings. The number of ketones is 3. The van der Waals surface area contributed by atoms with E-state index in [9.17, 15) is 39.3 Å². The number of aliphatic hydroxyl groups excluding tert-OH is 1. The third kappa shape index (κ3) is 15.9. The van der Waals surface area contributed by atoms with E-state index in [2.05, 4.69) is 13.8 Å². The zero-order chi connectivity index (χ0) is 44.6. The van der Waals surface area contributed by atoms with Gasteiger partial charge in [0.25, 0.3) is 11.7 Å². The van der Waals surface area contributed by atoms with Gasteiger partial charge in [0, 0.05) is 44.2 Å². The van der Waals surface area contributed by atoms with Gasteiger partial charge in [-0.1, -0.05) is 89.5 Å². The van der Waals surface area contributed by atoms with Crippen molar-refractivity contribution in [3.63, 3.8) is 0 Å². The molecule has 3 rings (SSSR count). The zero-order valence-corrected chi connectivity index (χ0v) is 37.9. The molecule has 11 atom stereocenters. The van der Waals surface area contributed by atoms with Crippen LogP contribution >= 0.6 is 0 Å². The lowest BCUT2D eigenvalue weighted by Crippen LogP contribution is -2.60. The summed E-state index contributed by atoms with van der Waals surface area (Å²) in [6.07, 6.45) is 22.4. The number of carbonyl (C=O) groups is 5. The Kier molecular flexibility index (Phi) is 21.3. The van der Waals surface area contributed by atoms with E-state index in [0.717, 1.165) is 36.2 Å². The van der Waals surface area contributed by atoms with E-state index >= 15 is 0 Å². The quantitative estimate of drug-likeness (QED) is 0.0516. The van der Waals surface area contributed by atoms with E-state index in [-0.39, 0.29) is 48.7 Å². The second-order valence-electron chi connectivity index (χ2n) is 18.6. The summed E-state index contributed by atoms with van der Waals surface area (Å²) in [4.78, 5) is 65.2. The van der Waals surface area contributed by atoms with Gasteiger partial charge in [-0.05, 0) is 114 Å². The fourth-order valence-corrected chi connectivity index (χ4v) is 9.16. The Labute approximate surface area is 360 Å². The predicted molar refractivity (Wildman–Crippen MR) is 234 cm³/mol. The van der Waals surface area contributed by atoms with Crippen LogP contribution in [0.3, 0.4) is 0 Å². The number of carboxylic acid groups (broad SMARTS) is 1. The van der Waals surface area contributed by atoms with Crippen molar-refractivity contribution in [1.82, 2.24) is 4.90 Å². The molecule has 2 saturated heterocycles. The number of likely N-dealkylation sites (tertiary alicyclic amines) is 1. The Hall–Kier alpha value is -3.25. The largest absolute Gasteiger partial charge is 0.480 e. The number of carbonyl (C=O) groups excluding carboxylic acids is 4. The zero-order valence-electron chi connectivity index (χ0n) is 37.9. The van der Waals surface area contributed by atoms with Gasteiger partial charge in [-0.2, -0.15) is 0 Å². The minimum absolute atomic E-state index is 0.00420. The predicted octanol–water partition coefficient (Wildman–Crippen LogP) is 8.51. The summed E-state index contributed by atoms with van der Waals surface area (Å²) in [5.41, 5.74) is 1.73. The van der Waals surface area contributed by atoms with Gasteiger partial charge in [-0.25, -0.2) is 4.79 Å². The smallest absolute Gasteiger partial charge is 0.326 e. The van der Waals surface area contributed by atoms with Gasteiger partial charge in [-0.3, -0.25) is 19.2 Å². The Morgan fingerprint density at radius 3 is 2.35 bits per heavy atom. The van der Waals surface area contributed by atoms with Crippen LogP contribution in [-0.4, -0.2) is 93.2 Å². The van der Waals surface area contributed by atoms with E-state index in [1.165, 1.54) is 12.8 Å². The molecule has 1 amide bonds. The Morgan fingerprint density at radius 2 is 1.65 bits per heavy atom. The molecular weight excluding hydrogens is 763 g/mol. The number of Topliss-reactive ketones (excluding diaryl/α,β-unsaturated/α-hetero) is 3. The first-order valence-corrected chi connectivity index (χ1v) is 22.8. The number of hydrogen-bond donors (Lipinski definition) is 3. The topological polar surface area (TPSA) is 168 Å². The van der Waals surface area contributed by atoms with Gasteiger partial charge < -0.3 is 29.7 Å². The molecule has 11 heteroatoms. The number of aliphatic carboxylic acids is 1. The van der Waals surface area contributed by atoms with Crippen LogP contribution in [0.15, 0.2) is 47.6 Å². The summed E-state index contributed by atoms with van der Waals surface area (Å²) in [6.45, 7) is 13.7. The number of allylic oxidation sites excluding steroid dienone is 7. The van der Waals surface area contributed by atoms with Gasteiger partial charge >= 0.3 is 5.97 Å². The monoisotopic (exact) mass is 840 g/mol. The Bertz CT molecular complexity index is 1560. The number of methoxy groups -OCH3 is 1. The average molecular weight is 840 g/mol. The molecule has 0 spiro atoms. The maximum atomic E-state index is 13.3. The second-order valence-corrected chi connectivity index (χ2v) is 18.6. The molecule has 11 nitrogen and oxygen atoms in total. The molecular formula is C49H77NO10. The molecule has 0 aromatic carbocycles. The fourth-order valence-electron chi connectivity index (χ4n) is 9.16. The van der Waals surface area contributed by atoms with E-state index in [1.807, 2.05) is 57.2 Å². The Morgan fingerprint density at radius 1 is 0.917 bits per heavy atom. The van der Waals surface area contributed by atoms with Crippen LogP contribution in [0.25, 0.3) is 0 Å². The van der Waals surface area contributed by atoms with Crippen LogP contribution in [0.5, 0.6) is 0 Å². The lowest BCUT2D eigenvalue weighted by molar-refractivity contribution is -0.263. The maximum Gasteiger partial charge on any atom is 0.326 e. The number of ether oxygens (including phenoxy) is 2. The van der Waals surface area contributed by atoms with Gasteiger partial charge in [0.2, 0.25) is 5.79 Å². The van der Waals surface area contributed by atoms with Crippen LogP contribution < -0.4 is 0 Å². The molecule has 3 aliphatic rings. The van der Waals surface area contributed by atoms with Crippen LogP contribution in [0.1, 0.15) is 151 Å². The first-order chi connectivity index (χ1) is 28.4. The number of hydrogen-bond acceptors (Lipinski definition) is 9. The fraction of sp³-hybridized carbons (Fsp3) is 0.735. The molecule has 7 unspecified atom stereocenters. The number of carboxylic acids is 1. The number of piperidine rings is 1. The van der Waals surface area contributed by atoms with Gasteiger partial charge in [0.05, 0.1) is 18.3 Å². The van der Waals surface area contributed by atoms with Crippen molar-refractivity contribution >= 4 is 29.2 Å². The molecule has 60 heavy (non-hydrogen) atoms. The summed E-state index contributed by atoms with van der Waals surface area (Å²) in [6, 6.07) is -1.08. The first-order valence-electron chi connectivity index (χ1n) is 22.8. The van der Waals surface area contributed by atoms with Gasteiger partial charge in [-0.15, -0.1) is 0 Å². The third-order valence-electron chi connectivity index (χ3n) is 13.3. The van der Waals surface area contributed by atoms with Crippen LogP contribution in [0, 0.1) is 35.5 Å². The summed E-state index contributed by atoms with van der Waals surface area (Å²) in [5, 5.41) is 31.7. The van der Waals surface area contributed by atoms with E-state index in [1.54, 1.807) is 21.0 Å². The highest BCUT2D eigenvalue weighted by Gasteiger charge is 2.52. The normalized spacial score (nSPS) is 28.3. The van der Waals surface area contributed by atoms with Crippen molar-refractivity contribution in [1.29, 1.82) is 0 Å². The van der Waals surface area contributed by atoms with Crippen molar-refractivity contribution < 1.29 is 48.8 Å². The molecule has 0 aromatic rings. The molecule has 2 heterocycles. The standard InChI is InChI=1S/C49H77NO10/c1-32(20-23-40-24-22-38(7)49(58,60-40)46(54)47(55)50-26-13-12-19-42(50)48(56)57)15-10-9-11-16-33(2)27-35(4)44(52)31-45(53)37(6)29-36(5)43(51)25-21-34(3)28-39-17-14-18-41(30-39)59-8/h9-11,15-16,29,33-36,38-42,45,53,58H,12-14,17-28,30-31H2,1-8H3,(H,56,57)/b10-9+,16-11+,32-15+,37-29+/t33-,34+,35?,36-,38?,39?,40?,41?,42?,45?,49-/m1/s1. The van der Waals surface area contributed by atoms with Crippen molar-refractivity contribution in [2.75, 3.05) is 13.7 Å². The van der Waals surface area contributed by atoms with Crippen molar-refractivity contribution in [3.05, 3.63) is 47.6 Å². The first kappa shape index (κ1) is 51.1. The van der Waals surface area contributed by atoms with E-state index < -0.39 is 47.6 Å². The number of amides is 1. The Balaban J connectivity index is 1.38. The van der Waals surface area contributed by atoms with E-state index in [4.69, 9.17) is 9.47 Å². The van der Waals surface area contributed by atoms with Gasteiger partial charge in [0.15, 0.2) is 0 Å². The molecule has 1 saturated carbocycles. The van der Waals surface area contributed by atoms with Crippen molar-refractivity contribution in [2.45, 2.75) is 181 Å². The third-order valence-corrected chi connectivity index (χ3v) is 13.3. The molecule has 2 aliphatic heterocycles. The minimum atomic E-state index is -2.29. The van der Waals surface area contributed by atoms with Gasteiger partial charge in [0.1, 0.15) is 17.6 Å². The summed E-state index contributed by atoms with van der Waals surface area (Å²) < 4.78 is 11.5. The van der Waals surface area contributed by atoms with Crippen molar-refractivity contribution in [3.8, 4) is 0 Å². The average Bonchev–Trinajstić information content (AvgIpc) is 3.22. The number of rotatable bonds is 23. The molecule has 3 N–H and O–H groups in total.